The largest absolute Gasteiger partial charge is 0.362 e. The Morgan fingerprint density at radius 3 is 2.57 bits per heavy atom. The topological polar surface area (TPSA) is 92.6 Å². The number of nitro benzene ring substituents is 1. The summed E-state index contributed by atoms with van der Waals surface area (Å²) in [5.41, 5.74) is 1.53. The highest BCUT2D eigenvalue weighted by Gasteiger charge is 2.35. The van der Waals surface area contributed by atoms with Crippen molar-refractivity contribution in [1.29, 1.82) is 0 Å². The summed E-state index contributed by atoms with van der Waals surface area (Å²) in [4.78, 5) is 13.2. The molecule has 0 amide bonds. The van der Waals surface area contributed by atoms with Crippen LogP contribution in [0.5, 0.6) is 0 Å². The van der Waals surface area contributed by atoms with Crippen LogP contribution in [0.3, 0.4) is 0 Å². The first-order valence-corrected chi connectivity index (χ1v) is 10.9. The molecular formula is C20H25N3O4S. The molecule has 2 aromatic carbocycles. The van der Waals surface area contributed by atoms with Gasteiger partial charge in [0.15, 0.2) is 0 Å². The van der Waals surface area contributed by atoms with Gasteiger partial charge in [-0.25, -0.2) is 13.1 Å². The van der Waals surface area contributed by atoms with Crippen LogP contribution >= 0.6 is 0 Å². The number of nitrogens with zero attached hydrogens (tertiary/aromatic N) is 2. The van der Waals surface area contributed by atoms with Crippen LogP contribution in [0, 0.1) is 10.1 Å². The number of hydrogen-bond donors (Lipinski definition) is 1. The second-order valence-corrected chi connectivity index (χ2v) is 8.83. The van der Waals surface area contributed by atoms with Crippen molar-refractivity contribution in [1.82, 2.24) is 4.72 Å². The molecule has 1 saturated heterocycles. The maximum atomic E-state index is 12.1. The molecule has 1 N–H and O–H groups in total. The van der Waals surface area contributed by atoms with Gasteiger partial charge in [-0.3, -0.25) is 10.1 Å². The molecule has 0 aliphatic carbocycles. The zero-order chi connectivity index (χ0) is 20.3. The normalized spacial score (nSPS) is 18.2. The van der Waals surface area contributed by atoms with E-state index < -0.39 is 14.9 Å². The monoisotopic (exact) mass is 403 g/mol. The van der Waals surface area contributed by atoms with Gasteiger partial charge in [0.1, 0.15) is 5.69 Å². The van der Waals surface area contributed by atoms with Gasteiger partial charge in [-0.05, 0) is 44.0 Å². The summed E-state index contributed by atoms with van der Waals surface area (Å²) in [6, 6.07) is 14.5. The summed E-state index contributed by atoms with van der Waals surface area (Å²) < 4.78 is 26.3. The van der Waals surface area contributed by atoms with E-state index in [0.29, 0.717) is 12.2 Å². The third kappa shape index (κ3) is 3.88. The molecule has 3 rings (SSSR count). The summed E-state index contributed by atoms with van der Waals surface area (Å²) in [6.45, 7) is 2.85. The zero-order valence-corrected chi connectivity index (χ0v) is 16.9. The van der Waals surface area contributed by atoms with E-state index >= 15 is 0 Å². The summed E-state index contributed by atoms with van der Waals surface area (Å²) in [6.07, 6.45) is 2.81. The van der Waals surface area contributed by atoms with Crippen LogP contribution in [0.25, 0.3) is 0 Å². The first-order valence-electron chi connectivity index (χ1n) is 9.42. The van der Waals surface area contributed by atoms with Crippen molar-refractivity contribution in [3.8, 4) is 0 Å². The van der Waals surface area contributed by atoms with Gasteiger partial charge in [0.05, 0.1) is 9.82 Å². The second-order valence-electron chi connectivity index (χ2n) is 6.94. The Morgan fingerprint density at radius 1 is 1.25 bits per heavy atom. The van der Waals surface area contributed by atoms with E-state index in [1.54, 1.807) is 6.07 Å². The highest BCUT2D eigenvalue weighted by molar-refractivity contribution is 7.89. The minimum absolute atomic E-state index is 0.101. The highest BCUT2D eigenvalue weighted by atomic mass is 32.2. The van der Waals surface area contributed by atoms with E-state index in [1.807, 2.05) is 18.2 Å². The van der Waals surface area contributed by atoms with E-state index in [0.717, 1.165) is 25.3 Å². The van der Waals surface area contributed by atoms with Gasteiger partial charge in [0.2, 0.25) is 10.0 Å². The molecule has 0 radical (unpaired) electrons. The van der Waals surface area contributed by atoms with Gasteiger partial charge in [-0.1, -0.05) is 37.3 Å². The van der Waals surface area contributed by atoms with Crippen LogP contribution in [0.15, 0.2) is 53.4 Å². The fourth-order valence-corrected chi connectivity index (χ4v) is 4.87. The summed E-state index contributed by atoms with van der Waals surface area (Å²) in [7, 11) is -2.46. The van der Waals surface area contributed by atoms with Crippen LogP contribution in [0.1, 0.15) is 37.7 Å². The van der Waals surface area contributed by atoms with Crippen molar-refractivity contribution in [2.24, 2.45) is 0 Å². The molecule has 28 heavy (non-hydrogen) atoms. The van der Waals surface area contributed by atoms with Gasteiger partial charge in [-0.15, -0.1) is 0 Å². The van der Waals surface area contributed by atoms with Crippen molar-refractivity contribution in [3.63, 3.8) is 0 Å². The first-order chi connectivity index (χ1) is 13.4. The van der Waals surface area contributed by atoms with E-state index in [1.165, 1.54) is 18.7 Å². The maximum Gasteiger partial charge on any atom is 0.293 e. The number of benzene rings is 2. The fraction of sp³-hybridized carbons (Fsp3) is 0.400. The Morgan fingerprint density at radius 2 is 1.96 bits per heavy atom. The number of hydrogen-bond acceptors (Lipinski definition) is 5. The molecule has 0 spiro atoms. The molecule has 150 valence electrons. The molecule has 0 aromatic heterocycles. The van der Waals surface area contributed by atoms with Gasteiger partial charge in [0, 0.05) is 24.6 Å². The SMILES string of the molecule is CC[C@@H](c1ccccc1)[C@@H]1CCCN1c1ccc(S(=O)(=O)NC)cc1[N+](=O)[O-]. The minimum Gasteiger partial charge on any atom is -0.362 e. The maximum absolute atomic E-state index is 12.1. The molecule has 8 heteroatoms. The van der Waals surface area contributed by atoms with Crippen molar-refractivity contribution in [2.75, 3.05) is 18.5 Å². The molecule has 2 atom stereocenters. The lowest BCUT2D eigenvalue weighted by molar-refractivity contribution is -0.384. The lowest BCUT2D eigenvalue weighted by Crippen LogP contribution is -2.35. The predicted octanol–water partition coefficient (Wildman–Crippen LogP) is 3.67. The third-order valence-corrected chi connectivity index (χ3v) is 6.88. The molecule has 0 unspecified atom stereocenters. The van der Waals surface area contributed by atoms with Gasteiger partial charge >= 0.3 is 0 Å². The molecule has 1 fully saturated rings. The standard InChI is InChI=1S/C20H25N3O4S/c1-3-17(15-8-5-4-6-9-15)18-10-7-13-22(18)19-12-11-16(28(26,27)21-2)14-20(19)23(24)25/h4-6,8-9,11-12,14,17-18,21H,3,7,10,13H2,1-2H3/t17-,18-/m0/s1. The Balaban J connectivity index is 2.03. The van der Waals surface area contributed by atoms with Gasteiger partial charge in [-0.2, -0.15) is 0 Å². The van der Waals surface area contributed by atoms with Crippen molar-refractivity contribution >= 4 is 21.4 Å². The quantitative estimate of drug-likeness (QED) is 0.562. The summed E-state index contributed by atoms with van der Waals surface area (Å²) in [5.74, 6) is 0.254. The van der Waals surface area contributed by atoms with E-state index in [9.17, 15) is 18.5 Å². The van der Waals surface area contributed by atoms with E-state index in [2.05, 4.69) is 28.7 Å². The molecule has 2 aromatic rings. The minimum atomic E-state index is -3.74. The highest BCUT2D eigenvalue weighted by Crippen LogP contribution is 2.40. The number of sulfonamides is 1. The van der Waals surface area contributed by atoms with Gasteiger partial charge < -0.3 is 4.90 Å². The first kappa shape index (κ1) is 20.3. The number of nitro groups is 1. The lowest BCUT2D eigenvalue weighted by atomic mass is 9.87. The van der Waals surface area contributed by atoms with Crippen LogP contribution in [0.2, 0.25) is 0 Å². The van der Waals surface area contributed by atoms with Crippen LogP contribution in [-0.4, -0.2) is 33.0 Å². The molecule has 0 bridgehead atoms. The van der Waals surface area contributed by atoms with Crippen molar-refractivity contribution < 1.29 is 13.3 Å². The molecule has 1 aliphatic heterocycles. The average Bonchev–Trinajstić information content (AvgIpc) is 3.18. The molecular weight excluding hydrogens is 378 g/mol. The van der Waals surface area contributed by atoms with Crippen LogP contribution in [-0.2, 0) is 10.0 Å². The lowest BCUT2D eigenvalue weighted by Gasteiger charge is -2.33. The number of anilines is 1. The Bertz CT molecular complexity index is 947. The number of rotatable bonds is 7. The average molecular weight is 404 g/mol. The third-order valence-electron chi connectivity index (χ3n) is 5.46. The zero-order valence-electron chi connectivity index (χ0n) is 16.0. The Hall–Kier alpha value is -2.45. The molecule has 0 saturated carbocycles. The fourth-order valence-electron chi connectivity index (χ4n) is 4.12. The molecule has 1 heterocycles. The molecule has 7 nitrogen and oxygen atoms in total. The van der Waals surface area contributed by atoms with E-state index in [-0.39, 0.29) is 22.5 Å². The Kier molecular flexibility index (Phi) is 6.00. The van der Waals surface area contributed by atoms with Crippen molar-refractivity contribution in [2.45, 2.75) is 43.0 Å². The summed E-state index contributed by atoms with van der Waals surface area (Å²) in [5, 5.41) is 11.7. The predicted molar refractivity (Wildman–Crippen MR) is 109 cm³/mol. The number of nitrogens with one attached hydrogen (secondary N) is 1. The van der Waals surface area contributed by atoms with Gasteiger partial charge in [0.25, 0.3) is 5.69 Å². The molecule has 1 aliphatic rings. The van der Waals surface area contributed by atoms with E-state index in [4.69, 9.17) is 0 Å². The van der Waals surface area contributed by atoms with Crippen molar-refractivity contribution in [3.05, 3.63) is 64.2 Å². The van der Waals surface area contributed by atoms with Crippen LogP contribution in [0.4, 0.5) is 11.4 Å². The smallest absolute Gasteiger partial charge is 0.293 e. The van der Waals surface area contributed by atoms with Crippen LogP contribution < -0.4 is 9.62 Å². The second kappa shape index (κ2) is 8.28. The summed E-state index contributed by atoms with van der Waals surface area (Å²) >= 11 is 0. The Labute approximate surface area is 165 Å².